The van der Waals surface area contributed by atoms with E-state index in [1.165, 1.54) is 5.56 Å². The number of hydrogen-bond donors (Lipinski definition) is 1. The van der Waals surface area contributed by atoms with Gasteiger partial charge in [-0.25, -0.2) is 4.68 Å². The molecule has 1 heterocycles. The lowest BCUT2D eigenvalue weighted by molar-refractivity contribution is -0.0593. The minimum Gasteiger partial charge on any atom is -0.439 e. The number of ether oxygens (including phenoxy) is 2. The second kappa shape index (κ2) is 11.8. The lowest BCUT2D eigenvalue weighted by Crippen LogP contribution is -2.41. The highest BCUT2D eigenvalue weighted by atomic mass is 16.5. The van der Waals surface area contributed by atoms with Gasteiger partial charge in [-0.15, -0.1) is 0 Å². The van der Waals surface area contributed by atoms with Gasteiger partial charge in [-0.2, -0.15) is 5.10 Å². The molecule has 2 atom stereocenters. The van der Waals surface area contributed by atoms with Gasteiger partial charge in [-0.05, 0) is 72.2 Å². The second-order valence-electron chi connectivity index (χ2n) is 10.3. The molecule has 190 valence electrons. The summed E-state index contributed by atoms with van der Waals surface area (Å²) in [5, 5.41) is 15.6. The van der Waals surface area contributed by atoms with Crippen molar-refractivity contribution in [3.8, 4) is 17.3 Å². The molecule has 6 heteroatoms. The number of hydrogen-bond acceptors (Lipinski definition) is 5. The molecule has 0 radical (unpaired) electrons. The van der Waals surface area contributed by atoms with Crippen LogP contribution in [0.5, 0.6) is 11.6 Å². The van der Waals surface area contributed by atoms with E-state index in [1.54, 1.807) is 0 Å². The van der Waals surface area contributed by atoms with Crippen LogP contribution < -0.4 is 4.74 Å². The van der Waals surface area contributed by atoms with E-state index in [0.29, 0.717) is 25.6 Å². The SMILES string of the molecule is CC[C@H](C)N(Cc1c(C)nn(-c2ccccc2)c1Oc1ccc(C)cc1)C[C@@H](O)COC(C)(C)C. The van der Waals surface area contributed by atoms with Gasteiger partial charge in [0.05, 0.1) is 35.3 Å². The minimum absolute atomic E-state index is 0.269. The van der Waals surface area contributed by atoms with E-state index >= 15 is 0 Å². The van der Waals surface area contributed by atoms with Crippen LogP contribution in [0.3, 0.4) is 0 Å². The molecule has 0 saturated carbocycles. The molecule has 1 N–H and O–H groups in total. The van der Waals surface area contributed by atoms with Gasteiger partial charge in [0.2, 0.25) is 5.88 Å². The number of aryl methyl sites for hydroxylation is 2. The molecule has 0 fully saturated rings. The molecule has 0 unspecified atom stereocenters. The first-order chi connectivity index (χ1) is 16.6. The van der Waals surface area contributed by atoms with Crippen molar-refractivity contribution in [2.45, 2.75) is 79.2 Å². The van der Waals surface area contributed by atoms with Crippen LogP contribution in [-0.4, -0.2) is 50.7 Å². The smallest absolute Gasteiger partial charge is 0.227 e. The van der Waals surface area contributed by atoms with Gasteiger partial charge in [0.1, 0.15) is 5.75 Å². The van der Waals surface area contributed by atoms with E-state index in [4.69, 9.17) is 14.6 Å². The van der Waals surface area contributed by atoms with E-state index in [0.717, 1.165) is 29.1 Å². The van der Waals surface area contributed by atoms with Crippen molar-refractivity contribution in [1.82, 2.24) is 14.7 Å². The number of aliphatic hydroxyl groups is 1. The van der Waals surface area contributed by atoms with Gasteiger partial charge in [-0.1, -0.05) is 42.8 Å². The van der Waals surface area contributed by atoms with E-state index in [1.807, 2.05) is 87.0 Å². The zero-order chi connectivity index (χ0) is 25.6. The fraction of sp³-hybridized carbons (Fsp3) is 0.483. The summed E-state index contributed by atoms with van der Waals surface area (Å²) < 4.78 is 14.2. The summed E-state index contributed by atoms with van der Waals surface area (Å²) in [6.07, 6.45) is 0.376. The fourth-order valence-electron chi connectivity index (χ4n) is 3.82. The van der Waals surface area contributed by atoms with Crippen molar-refractivity contribution in [2.24, 2.45) is 0 Å². The normalized spacial score (nSPS) is 13.7. The molecule has 3 aromatic rings. The van der Waals surface area contributed by atoms with Crippen molar-refractivity contribution >= 4 is 0 Å². The van der Waals surface area contributed by atoms with Crippen molar-refractivity contribution in [1.29, 1.82) is 0 Å². The topological polar surface area (TPSA) is 59.8 Å². The highest BCUT2D eigenvalue weighted by Gasteiger charge is 2.25. The van der Waals surface area contributed by atoms with Crippen molar-refractivity contribution in [2.75, 3.05) is 13.2 Å². The minimum atomic E-state index is -0.589. The molecule has 0 spiro atoms. The summed E-state index contributed by atoms with van der Waals surface area (Å²) in [6, 6.07) is 18.4. The summed E-state index contributed by atoms with van der Waals surface area (Å²) >= 11 is 0. The molecule has 0 amide bonds. The first-order valence-electron chi connectivity index (χ1n) is 12.5. The lowest BCUT2D eigenvalue weighted by atomic mass is 10.1. The average Bonchev–Trinajstić information content (AvgIpc) is 3.13. The Hall–Kier alpha value is -2.67. The summed E-state index contributed by atoms with van der Waals surface area (Å²) in [6.45, 7) is 15.9. The Bertz CT molecular complexity index is 1060. The van der Waals surface area contributed by atoms with Crippen LogP contribution in [0.25, 0.3) is 5.69 Å². The Morgan fingerprint density at radius 3 is 2.29 bits per heavy atom. The quantitative estimate of drug-likeness (QED) is 0.362. The molecule has 3 rings (SSSR count). The molecule has 35 heavy (non-hydrogen) atoms. The second-order valence-corrected chi connectivity index (χ2v) is 10.3. The van der Waals surface area contributed by atoms with E-state index in [-0.39, 0.29) is 11.6 Å². The van der Waals surface area contributed by atoms with Crippen molar-refractivity contribution in [3.05, 3.63) is 71.4 Å². The van der Waals surface area contributed by atoms with Crippen molar-refractivity contribution < 1.29 is 14.6 Å². The lowest BCUT2D eigenvalue weighted by Gasteiger charge is -2.31. The van der Waals surface area contributed by atoms with Crippen LogP contribution in [-0.2, 0) is 11.3 Å². The van der Waals surface area contributed by atoms with Crippen LogP contribution in [0, 0.1) is 13.8 Å². The number of para-hydroxylation sites is 1. The van der Waals surface area contributed by atoms with Crippen LogP contribution in [0.2, 0.25) is 0 Å². The Balaban J connectivity index is 1.94. The third-order valence-electron chi connectivity index (χ3n) is 6.10. The first kappa shape index (κ1) is 26.9. The number of rotatable bonds is 11. The molecule has 0 aliphatic carbocycles. The number of benzene rings is 2. The molecular weight excluding hydrogens is 438 g/mol. The predicted octanol–water partition coefficient (Wildman–Crippen LogP) is 6.06. The van der Waals surface area contributed by atoms with Gasteiger partial charge < -0.3 is 14.6 Å². The van der Waals surface area contributed by atoms with E-state index in [9.17, 15) is 5.11 Å². The third-order valence-corrected chi connectivity index (χ3v) is 6.10. The van der Waals surface area contributed by atoms with Gasteiger partial charge in [0, 0.05) is 19.1 Å². The average molecular weight is 480 g/mol. The van der Waals surface area contributed by atoms with Gasteiger partial charge in [0.15, 0.2) is 0 Å². The third kappa shape index (κ3) is 7.66. The number of aromatic nitrogens is 2. The fourth-order valence-corrected chi connectivity index (χ4v) is 3.82. The molecule has 2 aromatic carbocycles. The van der Waals surface area contributed by atoms with Gasteiger partial charge >= 0.3 is 0 Å². The molecule has 1 aromatic heterocycles. The number of nitrogens with zero attached hydrogens (tertiary/aromatic N) is 3. The molecule has 0 aliphatic heterocycles. The summed E-state index contributed by atoms with van der Waals surface area (Å²) in [4.78, 5) is 2.29. The van der Waals surface area contributed by atoms with Gasteiger partial charge in [-0.3, -0.25) is 4.90 Å². The van der Waals surface area contributed by atoms with Crippen LogP contribution in [0.1, 0.15) is 57.9 Å². The zero-order valence-corrected chi connectivity index (χ0v) is 22.3. The molecule has 6 nitrogen and oxygen atoms in total. The molecule has 0 aliphatic rings. The maximum Gasteiger partial charge on any atom is 0.227 e. The monoisotopic (exact) mass is 479 g/mol. The summed E-state index contributed by atoms with van der Waals surface area (Å²) in [7, 11) is 0. The van der Waals surface area contributed by atoms with Gasteiger partial charge in [0.25, 0.3) is 0 Å². The Morgan fingerprint density at radius 2 is 1.69 bits per heavy atom. The largest absolute Gasteiger partial charge is 0.439 e. The summed E-state index contributed by atoms with van der Waals surface area (Å²) in [5.74, 6) is 1.47. The zero-order valence-electron chi connectivity index (χ0n) is 22.3. The Kier molecular flexibility index (Phi) is 9.11. The van der Waals surface area contributed by atoms with Crippen LogP contribution in [0.4, 0.5) is 0 Å². The predicted molar refractivity (Wildman–Crippen MR) is 141 cm³/mol. The highest BCUT2D eigenvalue weighted by Crippen LogP contribution is 2.32. The van der Waals surface area contributed by atoms with Crippen molar-refractivity contribution in [3.63, 3.8) is 0 Å². The van der Waals surface area contributed by atoms with E-state index in [2.05, 4.69) is 25.7 Å². The Labute approximate surface area is 210 Å². The van der Waals surface area contributed by atoms with Crippen LogP contribution in [0.15, 0.2) is 54.6 Å². The van der Waals surface area contributed by atoms with E-state index < -0.39 is 6.10 Å². The standard InChI is InChI=1S/C29H41N3O3/c1-8-22(3)31(18-25(33)20-34-29(5,6)7)19-27-23(4)30-32(24-12-10-9-11-13-24)28(27)35-26-16-14-21(2)15-17-26/h9-17,22,25,33H,8,18-20H2,1-7H3/t22-,25+/m0/s1. The molecule has 0 saturated heterocycles. The Morgan fingerprint density at radius 1 is 1.03 bits per heavy atom. The molecular formula is C29H41N3O3. The van der Waals surface area contributed by atoms with Crippen LogP contribution >= 0.6 is 0 Å². The molecule has 0 bridgehead atoms. The first-order valence-corrected chi connectivity index (χ1v) is 12.5. The highest BCUT2D eigenvalue weighted by molar-refractivity contribution is 5.43. The maximum atomic E-state index is 10.8. The number of aliphatic hydroxyl groups excluding tert-OH is 1. The summed E-state index contributed by atoms with van der Waals surface area (Å²) in [5.41, 5.74) is 3.76. The maximum absolute atomic E-state index is 10.8.